The third kappa shape index (κ3) is 4.94. The van der Waals surface area contributed by atoms with Crippen molar-refractivity contribution >= 4 is 50.9 Å². The van der Waals surface area contributed by atoms with Gasteiger partial charge in [-0.15, -0.1) is 11.8 Å². The zero-order chi connectivity index (χ0) is 21.8. The summed E-state index contributed by atoms with van der Waals surface area (Å²) in [6.45, 7) is 2.53. The fourth-order valence-electron chi connectivity index (χ4n) is 3.39. The van der Waals surface area contributed by atoms with Crippen LogP contribution in [0.4, 0.5) is 11.4 Å². The average molecular weight is 497 g/mol. The lowest BCUT2D eigenvalue weighted by atomic mass is 10.1. The van der Waals surface area contributed by atoms with E-state index in [0.29, 0.717) is 23.6 Å². The fraction of sp³-hybridized carbons (Fsp3) is 0.167. The summed E-state index contributed by atoms with van der Waals surface area (Å²) in [5.41, 5.74) is 3.05. The van der Waals surface area contributed by atoms with E-state index in [1.54, 1.807) is 28.8 Å². The molecule has 0 aromatic heterocycles. The number of nitrogens with one attached hydrogen (secondary N) is 1. The lowest BCUT2D eigenvalue weighted by Gasteiger charge is -2.25. The van der Waals surface area contributed by atoms with Crippen molar-refractivity contribution in [2.75, 3.05) is 22.6 Å². The van der Waals surface area contributed by atoms with Crippen LogP contribution in [-0.4, -0.2) is 24.2 Å². The van der Waals surface area contributed by atoms with Gasteiger partial charge in [0.2, 0.25) is 5.91 Å². The van der Waals surface area contributed by atoms with Crippen molar-refractivity contribution in [2.24, 2.45) is 0 Å². The molecular weight excluding hydrogens is 476 g/mol. The van der Waals surface area contributed by atoms with Crippen molar-refractivity contribution in [3.8, 4) is 5.75 Å². The van der Waals surface area contributed by atoms with Crippen LogP contribution in [0.2, 0.25) is 0 Å². The van der Waals surface area contributed by atoms with E-state index in [2.05, 4.69) is 21.2 Å². The Balaban J connectivity index is 1.55. The number of thioether (sulfide) groups is 1. The molecule has 1 heterocycles. The first-order valence-corrected chi connectivity index (χ1v) is 11.7. The Morgan fingerprint density at radius 1 is 1.13 bits per heavy atom. The first-order chi connectivity index (χ1) is 15.0. The molecule has 1 saturated heterocycles. The predicted octanol–water partition coefficient (Wildman–Crippen LogP) is 5.88. The van der Waals surface area contributed by atoms with Crippen molar-refractivity contribution in [1.82, 2.24) is 0 Å². The van der Waals surface area contributed by atoms with Gasteiger partial charge in [-0.3, -0.25) is 14.5 Å². The summed E-state index contributed by atoms with van der Waals surface area (Å²) in [6.07, 6.45) is 0. The van der Waals surface area contributed by atoms with Crippen LogP contribution >= 0.6 is 27.7 Å². The summed E-state index contributed by atoms with van der Waals surface area (Å²) in [5.74, 6) is 1.07. The van der Waals surface area contributed by atoms with E-state index in [-0.39, 0.29) is 17.2 Å². The number of anilines is 2. The van der Waals surface area contributed by atoms with Crippen LogP contribution in [0.1, 0.15) is 28.2 Å². The zero-order valence-electron chi connectivity index (χ0n) is 16.9. The molecular formula is C24H21BrN2O3S. The van der Waals surface area contributed by atoms with Crippen molar-refractivity contribution < 1.29 is 14.3 Å². The molecule has 0 saturated carbocycles. The molecule has 7 heteroatoms. The highest BCUT2D eigenvalue weighted by Crippen LogP contribution is 2.42. The van der Waals surface area contributed by atoms with Crippen molar-refractivity contribution in [3.05, 3.63) is 88.4 Å². The zero-order valence-corrected chi connectivity index (χ0v) is 19.3. The third-order valence-electron chi connectivity index (χ3n) is 4.83. The van der Waals surface area contributed by atoms with Gasteiger partial charge in [0.05, 0.1) is 12.4 Å². The van der Waals surface area contributed by atoms with Gasteiger partial charge in [-0.05, 0) is 73.2 Å². The molecule has 3 aromatic rings. The van der Waals surface area contributed by atoms with Gasteiger partial charge in [0.1, 0.15) is 11.1 Å². The molecule has 1 atom stereocenters. The van der Waals surface area contributed by atoms with Gasteiger partial charge in [-0.25, -0.2) is 0 Å². The molecule has 1 N–H and O–H groups in total. The number of amides is 2. The van der Waals surface area contributed by atoms with Crippen LogP contribution in [-0.2, 0) is 4.79 Å². The number of carbonyl (C=O) groups excluding carboxylic acids is 2. The molecule has 31 heavy (non-hydrogen) atoms. The topological polar surface area (TPSA) is 58.6 Å². The number of carbonyl (C=O) groups is 2. The minimum atomic E-state index is -0.178. The van der Waals surface area contributed by atoms with Gasteiger partial charge in [0.15, 0.2) is 0 Å². The standard InChI is InChI=1S/C24H21BrN2O3S/c1-2-30-21-12-10-20(11-13-21)27-22(28)15-31-24(27)17-4-3-5-19(14-17)26-23(29)16-6-8-18(25)9-7-16/h3-14,24H,2,15H2,1H3,(H,26,29)/t24-/m1/s1. The second kappa shape index (κ2) is 9.58. The molecule has 3 aromatic carbocycles. The SMILES string of the molecule is CCOc1ccc(N2C(=O)CS[C@@H]2c2cccc(NC(=O)c3ccc(Br)cc3)c2)cc1. The maximum atomic E-state index is 12.6. The first-order valence-electron chi connectivity index (χ1n) is 9.88. The number of hydrogen-bond donors (Lipinski definition) is 1. The highest BCUT2D eigenvalue weighted by molar-refractivity contribution is 9.10. The minimum absolute atomic E-state index is 0.0588. The second-order valence-corrected chi connectivity index (χ2v) is 8.92. The Morgan fingerprint density at radius 3 is 2.58 bits per heavy atom. The van der Waals surface area contributed by atoms with Gasteiger partial charge < -0.3 is 10.1 Å². The lowest BCUT2D eigenvalue weighted by Crippen LogP contribution is -2.27. The van der Waals surface area contributed by atoms with E-state index in [4.69, 9.17) is 4.74 Å². The third-order valence-corrected chi connectivity index (χ3v) is 6.57. The van der Waals surface area contributed by atoms with Crippen molar-refractivity contribution in [2.45, 2.75) is 12.3 Å². The predicted molar refractivity (Wildman–Crippen MR) is 129 cm³/mol. The Kier molecular flexibility index (Phi) is 6.63. The monoisotopic (exact) mass is 496 g/mol. The number of rotatable bonds is 6. The normalized spacial score (nSPS) is 15.7. The molecule has 0 bridgehead atoms. The highest BCUT2D eigenvalue weighted by Gasteiger charge is 2.34. The molecule has 4 rings (SSSR count). The summed E-state index contributed by atoms with van der Waals surface area (Å²) >= 11 is 4.95. The Hall–Kier alpha value is -2.77. The van der Waals surface area contributed by atoms with E-state index in [1.165, 1.54) is 0 Å². The van der Waals surface area contributed by atoms with Crippen molar-refractivity contribution in [3.63, 3.8) is 0 Å². The molecule has 0 spiro atoms. The van der Waals surface area contributed by atoms with Gasteiger partial charge in [-0.1, -0.05) is 28.1 Å². The minimum Gasteiger partial charge on any atom is -0.494 e. The Labute approximate surface area is 193 Å². The maximum absolute atomic E-state index is 12.6. The molecule has 2 amide bonds. The quantitative estimate of drug-likeness (QED) is 0.462. The second-order valence-electron chi connectivity index (χ2n) is 6.94. The van der Waals surface area contributed by atoms with Crippen LogP contribution < -0.4 is 15.0 Å². The molecule has 1 aliphatic rings. The number of hydrogen-bond acceptors (Lipinski definition) is 4. The van der Waals surface area contributed by atoms with E-state index in [1.807, 2.05) is 67.6 Å². The number of benzene rings is 3. The molecule has 1 aliphatic heterocycles. The summed E-state index contributed by atoms with van der Waals surface area (Å²) < 4.78 is 6.43. The number of ether oxygens (including phenoxy) is 1. The van der Waals surface area contributed by atoms with Crippen molar-refractivity contribution in [1.29, 1.82) is 0 Å². The number of halogens is 1. The van der Waals surface area contributed by atoms with Gasteiger partial charge in [-0.2, -0.15) is 0 Å². The molecule has 158 valence electrons. The lowest BCUT2D eigenvalue weighted by molar-refractivity contribution is -0.115. The summed E-state index contributed by atoms with van der Waals surface area (Å²) in [5, 5.41) is 2.79. The van der Waals surface area contributed by atoms with E-state index in [9.17, 15) is 9.59 Å². The maximum Gasteiger partial charge on any atom is 0.255 e. The Bertz CT molecular complexity index is 1090. The first kappa shape index (κ1) is 21.5. The van der Waals surface area contributed by atoms with Crippen LogP contribution in [0.25, 0.3) is 0 Å². The Morgan fingerprint density at radius 2 is 1.87 bits per heavy atom. The number of nitrogens with zero attached hydrogens (tertiary/aromatic N) is 1. The fourth-order valence-corrected chi connectivity index (χ4v) is 4.83. The summed E-state index contributed by atoms with van der Waals surface area (Å²) in [6, 6.07) is 22.4. The molecule has 0 unspecified atom stereocenters. The molecule has 5 nitrogen and oxygen atoms in total. The molecule has 1 fully saturated rings. The summed E-state index contributed by atoms with van der Waals surface area (Å²) in [7, 11) is 0. The van der Waals surface area contributed by atoms with Crippen LogP contribution in [0.15, 0.2) is 77.3 Å². The highest BCUT2D eigenvalue weighted by atomic mass is 79.9. The smallest absolute Gasteiger partial charge is 0.255 e. The largest absolute Gasteiger partial charge is 0.494 e. The van der Waals surface area contributed by atoms with Gasteiger partial charge >= 0.3 is 0 Å². The van der Waals surface area contributed by atoms with Gasteiger partial charge in [0, 0.05) is 21.4 Å². The molecule has 0 radical (unpaired) electrons. The van der Waals surface area contributed by atoms with E-state index in [0.717, 1.165) is 21.5 Å². The molecule has 0 aliphatic carbocycles. The average Bonchev–Trinajstić information content (AvgIpc) is 3.16. The van der Waals surface area contributed by atoms with Crippen LogP contribution in [0.5, 0.6) is 5.75 Å². The van der Waals surface area contributed by atoms with Gasteiger partial charge in [0.25, 0.3) is 5.91 Å². The van der Waals surface area contributed by atoms with E-state index < -0.39 is 0 Å². The van der Waals surface area contributed by atoms with Crippen LogP contribution in [0.3, 0.4) is 0 Å². The van der Waals surface area contributed by atoms with E-state index >= 15 is 0 Å². The summed E-state index contributed by atoms with van der Waals surface area (Å²) in [4.78, 5) is 27.0. The van der Waals surface area contributed by atoms with Crippen LogP contribution in [0, 0.1) is 0 Å².